The van der Waals surface area contributed by atoms with Crippen molar-refractivity contribution in [2.75, 3.05) is 12.4 Å². The summed E-state index contributed by atoms with van der Waals surface area (Å²) in [6.07, 6.45) is 0.367. The van der Waals surface area contributed by atoms with Crippen LogP contribution >= 0.6 is 0 Å². The maximum absolute atomic E-state index is 12.1. The normalized spacial score (nSPS) is 10.4. The molecule has 0 unspecified atom stereocenters. The molecule has 0 saturated heterocycles. The summed E-state index contributed by atoms with van der Waals surface area (Å²) in [5.74, 6) is 0.630. The number of hydrogen-bond donors (Lipinski definition) is 1. The topological polar surface area (TPSA) is 43.3 Å². The number of carbonyl (C=O) groups is 1. The molecule has 106 valence electrons. The Labute approximate surface area is 119 Å². The van der Waals surface area contributed by atoms with Crippen LogP contribution < -0.4 is 10.1 Å². The van der Waals surface area contributed by atoms with Crippen molar-refractivity contribution in [1.82, 2.24) is 4.57 Å². The molecule has 0 aliphatic carbocycles. The fraction of sp³-hybridized carbons (Fsp3) is 0.312. The highest BCUT2D eigenvalue weighted by molar-refractivity contribution is 5.93. The number of ether oxygens (including phenoxy) is 1. The van der Waals surface area contributed by atoms with Crippen molar-refractivity contribution in [1.29, 1.82) is 0 Å². The Balaban J connectivity index is 2.11. The molecule has 1 aromatic carbocycles. The van der Waals surface area contributed by atoms with Crippen LogP contribution in [0.15, 0.2) is 30.3 Å². The average molecular weight is 272 g/mol. The lowest BCUT2D eigenvalue weighted by molar-refractivity contribution is -0.115. The van der Waals surface area contributed by atoms with Gasteiger partial charge in [-0.3, -0.25) is 4.79 Å². The van der Waals surface area contributed by atoms with Gasteiger partial charge in [-0.2, -0.15) is 0 Å². The van der Waals surface area contributed by atoms with Crippen molar-refractivity contribution >= 4 is 11.6 Å². The van der Waals surface area contributed by atoms with Gasteiger partial charge in [0.25, 0.3) is 0 Å². The third kappa shape index (κ3) is 2.85. The van der Waals surface area contributed by atoms with Gasteiger partial charge < -0.3 is 14.6 Å². The number of nitrogens with one attached hydrogen (secondary N) is 1. The van der Waals surface area contributed by atoms with Crippen molar-refractivity contribution in [3.63, 3.8) is 0 Å². The molecule has 0 bridgehead atoms. The van der Waals surface area contributed by atoms with Gasteiger partial charge in [0.1, 0.15) is 5.75 Å². The fourth-order valence-corrected chi connectivity index (χ4v) is 2.23. The number of amides is 1. The van der Waals surface area contributed by atoms with Crippen LogP contribution in [0, 0.1) is 13.8 Å². The summed E-state index contributed by atoms with van der Waals surface area (Å²) in [5.41, 5.74) is 4.03. The summed E-state index contributed by atoms with van der Waals surface area (Å²) in [4.78, 5) is 12.1. The molecular formula is C16H20N2O2. The summed E-state index contributed by atoms with van der Waals surface area (Å²) in [5, 5.41) is 2.89. The van der Waals surface area contributed by atoms with Crippen LogP contribution in [0.25, 0.3) is 0 Å². The number of para-hydroxylation sites is 2. The molecule has 2 aromatic rings. The Morgan fingerprint density at radius 2 is 2.00 bits per heavy atom. The first-order valence-corrected chi connectivity index (χ1v) is 6.57. The number of nitrogens with zero attached hydrogens (tertiary/aromatic N) is 1. The molecule has 4 nitrogen and oxygen atoms in total. The van der Waals surface area contributed by atoms with Crippen LogP contribution in [-0.2, 0) is 18.3 Å². The van der Waals surface area contributed by atoms with E-state index in [9.17, 15) is 4.79 Å². The minimum atomic E-state index is -0.0387. The third-order valence-corrected chi connectivity index (χ3v) is 3.61. The molecular weight excluding hydrogens is 252 g/mol. The minimum Gasteiger partial charge on any atom is -0.495 e. The number of methoxy groups -OCH3 is 1. The second kappa shape index (κ2) is 5.82. The maximum atomic E-state index is 12.1. The number of anilines is 1. The third-order valence-electron chi connectivity index (χ3n) is 3.61. The van der Waals surface area contributed by atoms with Gasteiger partial charge in [-0.05, 0) is 37.6 Å². The molecule has 2 rings (SSSR count). The van der Waals surface area contributed by atoms with Gasteiger partial charge in [0.15, 0.2) is 0 Å². The van der Waals surface area contributed by atoms with E-state index in [4.69, 9.17) is 4.74 Å². The lowest BCUT2D eigenvalue weighted by Crippen LogP contribution is -2.15. The smallest absolute Gasteiger partial charge is 0.228 e. The fourth-order valence-electron chi connectivity index (χ4n) is 2.23. The van der Waals surface area contributed by atoms with Gasteiger partial charge >= 0.3 is 0 Å². The maximum Gasteiger partial charge on any atom is 0.228 e. The van der Waals surface area contributed by atoms with Crippen molar-refractivity contribution < 1.29 is 9.53 Å². The number of aromatic nitrogens is 1. The van der Waals surface area contributed by atoms with Crippen LogP contribution in [0.5, 0.6) is 5.75 Å². The molecule has 0 spiro atoms. The monoisotopic (exact) mass is 272 g/mol. The Morgan fingerprint density at radius 1 is 1.30 bits per heavy atom. The molecule has 1 N–H and O–H groups in total. The predicted octanol–water partition coefficient (Wildman–Crippen LogP) is 2.83. The molecule has 1 heterocycles. The molecule has 1 amide bonds. The molecule has 1 aromatic heterocycles. The van der Waals surface area contributed by atoms with E-state index in [1.165, 1.54) is 0 Å². The summed E-state index contributed by atoms with van der Waals surface area (Å²) in [6.45, 7) is 4.06. The molecule has 0 radical (unpaired) electrons. The van der Waals surface area contributed by atoms with Crippen LogP contribution in [0.3, 0.4) is 0 Å². The quantitative estimate of drug-likeness (QED) is 0.930. The van der Waals surface area contributed by atoms with E-state index < -0.39 is 0 Å². The van der Waals surface area contributed by atoms with Gasteiger partial charge in [-0.1, -0.05) is 12.1 Å². The molecule has 20 heavy (non-hydrogen) atoms. The number of hydrogen-bond acceptors (Lipinski definition) is 2. The zero-order chi connectivity index (χ0) is 14.7. The van der Waals surface area contributed by atoms with E-state index in [2.05, 4.69) is 16.0 Å². The second-order valence-corrected chi connectivity index (χ2v) is 4.88. The van der Waals surface area contributed by atoms with Crippen LogP contribution in [0.2, 0.25) is 0 Å². The van der Waals surface area contributed by atoms with E-state index in [1.54, 1.807) is 7.11 Å². The minimum absolute atomic E-state index is 0.0387. The van der Waals surface area contributed by atoms with E-state index in [0.29, 0.717) is 17.9 Å². The first-order chi connectivity index (χ1) is 9.52. The SMILES string of the molecule is COc1ccccc1NC(=O)Cc1cc(C)n(C)c1C. The standard InChI is InChI=1S/C16H20N2O2/c1-11-9-13(12(2)18(11)3)10-16(19)17-14-7-5-6-8-15(14)20-4/h5-9H,10H2,1-4H3,(H,17,19). The van der Waals surface area contributed by atoms with Gasteiger partial charge in [0.2, 0.25) is 5.91 Å². The van der Waals surface area contributed by atoms with Crippen LogP contribution in [0.4, 0.5) is 5.69 Å². The highest BCUT2D eigenvalue weighted by Crippen LogP contribution is 2.23. The van der Waals surface area contributed by atoms with E-state index in [-0.39, 0.29) is 5.91 Å². The summed E-state index contributed by atoms with van der Waals surface area (Å²) < 4.78 is 7.31. The molecule has 0 atom stereocenters. The molecule has 0 aliphatic rings. The van der Waals surface area contributed by atoms with Crippen molar-refractivity contribution in [2.24, 2.45) is 7.05 Å². The average Bonchev–Trinajstić information content (AvgIpc) is 2.67. The Bertz CT molecular complexity index is 629. The number of carbonyl (C=O) groups excluding carboxylic acids is 1. The Morgan fingerprint density at radius 3 is 2.60 bits per heavy atom. The van der Waals surface area contributed by atoms with Crippen molar-refractivity contribution in [3.05, 3.63) is 47.3 Å². The number of aryl methyl sites for hydroxylation is 1. The highest BCUT2D eigenvalue weighted by atomic mass is 16.5. The zero-order valence-electron chi connectivity index (χ0n) is 12.4. The van der Waals surface area contributed by atoms with Crippen molar-refractivity contribution in [3.8, 4) is 5.75 Å². The second-order valence-electron chi connectivity index (χ2n) is 4.88. The molecule has 0 saturated carbocycles. The molecule has 0 fully saturated rings. The largest absolute Gasteiger partial charge is 0.495 e. The van der Waals surface area contributed by atoms with Gasteiger partial charge in [0, 0.05) is 18.4 Å². The molecule has 0 aliphatic heterocycles. The number of benzene rings is 1. The Hall–Kier alpha value is -2.23. The molecule has 4 heteroatoms. The Kier molecular flexibility index (Phi) is 4.13. The lowest BCUT2D eigenvalue weighted by atomic mass is 10.1. The van der Waals surface area contributed by atoms with Gasteiger partial charge in [-0.25, -0.2) is 0 Å². The number of rotatable bonds is 4. The van der Waals surface area contributed by atoms with Crippen LogP contribution in [0.1, 0.15) is 17.0 Å². The van der Waals surface area contributed by atoms with E-state index in [0.717, 1.165) is 17.0 Å². The van der Waals surface area contributed by atoms with Crippen LogP contribution in [-0.4, -0.2) is 17.6 Å². The predicted molar refractivity (Wildman–Crippen MR) is 80.2 cm³/mol. The van der Waals surface area contributed by atoms with E-state index in [1.807, 2.05) is 45.2 Å². The first kappa shape index (κ1) is 14.2. The first-order valence-electron chi connectivity index (χ1n) is 6.57. The summed E-state index contributed by atoms with van der Waals surface area (Å²) in [7, 11) is 3.60. The zero-order valence-corrected chi connectivity index (χ0v) is 12.4. The summed E-state index contributed by atoms with van der Waals surface area (Å²) in [6, 6.07) is 9.46. The van der Waals surface area contributed by atoms with Crippen molar-refractivity contribution in [2.45, 2.75) is 20.3 Å². The van der Waals surface area contributed by atoms with Gasteiger partial charge in [0.05, 0.1) is 19.2 Å². The highest BCUT2D eigenvalue weighted by Gasteiger charge is 2.12. The van der Waals surface area contributed by atoms with E-state index >= 15 is 0 Å². The lowest BCUT2D eigenvalue weighted by Gasteiger charge is -2.09. The van der Waals surface area contributed by atoms with Gasteiger partial charge in [-0.15, -0.1) is 0 Å². The summed E-state index contributed by atoms with van der Waals surface area (Å²) >= 11 is 0.